The van der Waals surface area contributed by atoms with Crippen molar-refractivity contribution < 1.29 is 0 Å². The highest BCUT2D eigenvalue weighted by Crippen LogP contribution is 2.33. The number of halogens is 2. The molecule has 0 radical (unpaired) electrons. The molecule has 1 aliphatic rings. The molecule has 0 saturated carbocycles. The fourth-order valence-electron chi connectivity index (χ4n) is 2.79. The molecule has 0 bridgehead atoms. The first-order valence-corrected chi connectivity index (χ1v) is 7.33. The SMILES string of the molecule is CCCN1CCCC(N)C1c1ccc(Cl)c(Cl)c1. The Kier molecular flexibility index (Phi) is 4.91. The van der Waals surface area contributed by atoms with Gasteiger partial charge < -0.3 is 5.73 Å². The first-order chi connectivity index (χ1) is 8.63. The molecule has 2 rings (SSSR count). The molecule has 2 nitrogen and oxygen atoms in total. The van der Waals surface area contributed by atoms with Crippen LogP contribution in [0.1, 0.15) is 37.8 Å². The van der Waals surface area contributed by atoms with E-state index < -0.39 is 0 Å². The third-order valence-electron chi connectivity index (χ3n) is 3.58. The van der Waals surface area contributed by atoms with Gasteiger partial charge in [0.1, 0.15) is 0 Å². The van der Waals surface area contributed by atoms with Crippen LogP contribution in [0.3, 0.4) is 0 Å². The topological polar surface area (TPSA) is 29.3 Å². The number of likely N-dealkylation sites (tertiary alicyclic amines) is 1. The average molecular weight is 287 g/mol. The third-order valence-corrected chi connectivity index (χ3v) is 4.32. The lowest BCUT2D eigenvalue weighted by molar-refractivity contribution is 0.128. The predicted molar refractivity (Wildman–Crippen MR) is 78.3 cm³/mol. The van der Waals surface area contributed by atoms with E-state index in [2.05, 4.69) is 11.8 Å². The third kappa shape index (κ3) is 3.00. The molecule has 1 aromatic rings. The van der Waals surface area contributed by atoms with E-state index in [1.165, 1.54) is 12.0 Å². The summed E-state index contributed by atoms with van der Waals surface area (Å²) in [5.74, 6) is 0. The summed E-state index contributed by atoms with van der Waals surface area (Å²) < 4.78 is 0. The number of hydrogen-bond acceptors (Lipinski definition) is 2. The number of hydrogen-bond donors (Lipinski definition) is 1. The van der Waals surface area contributed by atoms with Crippen LogP contribution in [0.2, 0.25) is 10.0 Å². The summed E-state index contributed by atoms with van der Waals surface area (Å²) in [6.45, 7) is 4.40. The Morgan fingerprint density at radius 1 is 1.33 bits per heavy atom. The van der Waals surface area contributed by atoms with Crippen molar-refractivity contribution in [3.63, 3.8) is 0 Å². The van der Waals surface area contributed by atoms with E-state index in [1.54, 1.807) is 0 Å². The number of nitrogens with two attached hydrogens (primary N) is 1. The summed E-state index contributed by atoms with van der Waals surface area (Å²) in [7, 11) is 0. The highest BCUT2D eigenvalue weighted by atomic mass is 35.5. The molecule has 0 aliphatic carbocycles. The van der Waals surface area contributed by atoms with Crippen molar-refractivity contribution in [1.29, 1.82) is 0 Å². The van der Waals surface area contributed by atoms with Gasteiger partial charge in [-0.15, -0.1) is 0 Å². The van der Waals surface area contributed by atoms with Crippen molar-refractivity contribution in [2.45, 2.75) is 38.3 Å². The Bertz CT molecular complexity index is 407. The van der Waals surface area contributed by atoms with Gasteiger partial charge in [-0.2, -0.15) is 0 Å². The van der Waals surface area contributed by atoms with E-state index in [-0.39, 0.29) is 12.1 Å². The van der Waals surface area contributed by atoms with Crippen LogP contribution < -0.4 is 5.73 Å². The minimum absolute atomic E-state index is 0.183. The van der Waals surface area contributed by atoms with Gasteiger partial charge in [-0.1, -0.05) is 36.2 Å². The van der Waals surface area contributed by atoms with E-state index >= 15 is 0 Å². The number of nitrogens with zero attached hydrogens (tertiary/aromatic N) is 1. The van der Waals surface area contributed by atoms with Gasteiger partial charge in [0.15, 0.2) is 0 Å². The van der Waals surface area contributed by atoms with Crippen molar-refractivity contribution in [1.82, 2.24) is 4.90 Å². The molecule has 0 aromatic heterocycles. The molecule has 1 heterocycles. The molecule has 2 unspecified atom stereocenters. The Hall–Kier alpha value is -0.280. The van der Waals surface area contributed by atoms with Gasteiger partial charge in [0, 0.05) is 12.1 Å². The Morgan fingerprint density at radius 2 is 2.11 bits per heavy atom. The van der Waals surface area contributed by atoms with Gasteiger partial charge in [0.2, 0.25) is 0 Å². The van der Waals surface area contributed by atoms with Gasteiger partial charge in [-0.05, 0) is 50.0 Å². The van der Waals surface area contributed by atoms with Crippen molar-refractivity contribution in [2.75, 3.05) is 13.1 Å². The number of piperidine rings is 1. The summed E-state index contributed by atoms with van der Waals surface area (Å²) >= 11 is 12.1. The van der Waals surface area contributed by atoms with Crippen molar-refractivity contribution in [2.24, 2.45) is 5.73 Å². The van der Waals surface area contributed by atoms with Crippen LogP contribution in [0.15, 0.2) is 18.2 Å². The van der Waals surface area contributed by atoms with Crippen LogP contribution in [0, 0.1) is 0 Å². The van der Waals surface area contributed by atoms with Gasteiger partial charge >= 0.3 is 0 Å². The number of benzene rings is 1. The zero-order valence-electron chi connectivity index (χ0n) is 10.7. The van der Waals surface area contributed by atoms with Crippen molar-refractivity contribution >= 4 is 23.2 Å². The quantitative estimate of drug-likeness (QED) is 0.914. The Balaban J connectivity index is 2.28. The smallest absolute Gasteiger partial charge is 0.0595 e. The number of rotatable bonds is 3. The van der Waals surface area contributed by atoms with E-state index in [1.807, 2.05) is 18.2 Å². The van der Waals surface area contributed by atoms with Crippen LogP contribution in [0.25, 0.3) is 0 Å². The normalized spacial score (nSPS) is 25.3. The van der Waals surface area contributed by atoms with Crippen LogP contribution >= 0.6 is 23.2 Å². The largest absolute Gasteiger partial charge is 0.326 e. The van der Waals surface area contributed by atoms with Crippen LogP contribution in [-0.4, -0.2) is 24.0 Å². The second-order valence-corrected chi connectivity index (χ2v) is 5.77. The average Bonchev–Trinajstić information content (AvgIpc) is 2.34. The predicted octanol–water partition coefficient (Wildman–Crippen LogP) is 3.87. The first-order valence-electron chi connectivity index (χ1n) is 6.58. The van der Waals surface area contributed by atoms with E-state index in [0.29, 0.717) is 10.0 Å². The molecular formula is C14H20Cl2N2. The van der Waals surface area contributed by atoms with Gasteiger partial charge in [-0.25, -0.2) is 0 Å². The molecular weight excluding hydrogens is 267 g/mol. The second kappa shape index (κ2) is 6.25. The summed E-state index contributed by atoms with van der Waals surface area (Å²) in [5.41, 5.74) is 7.49. The van der Waals surface area contributed by atoms with Crippen LogP contribution in [0.5, 0.6) is 0 Å². The molecule has 1 fully saturated rings. The highest BCUT2D eigenvalue weighted by molar-refractivity contribution is 6.42. The van der Waals surface area contributed by atoms with E-state index in [4.69, 9.17) is 28.9 Å². The van der Waals surface area contributed by atoms with Gasteiger partial charge in [-0.3, -0.25) is 4.90 Å². The lowest BCUT2D eigenvalue weighted by Crippen LogP contribution is -2.46. The molecule has 2 atom stereocenters. The Labute approximate surface area is 119 Å². The first kappa shape index (κ1) is 14.1. The zero-order valence-corrected chi connectivity index (χ0v) is 12.2. The van der Waals surface area contributed by atoms with Gasteiger partial charge in [0.05, 0.1) is 10.0 Å². The lowest BCUT2D eigenvalue weighted by Gasteiger charge is -2.40. The maximum atomic E-state index is 6.30. The molecule has 18 heavy (non-hydrogen) atoms. The molecule has 1 aromatic carbocycles. The van der Waals surface area contributed by atoms with E-state index in [9.17, 15) is 0 Å². The zero-order chi connectivity index (χ0) is 13.1. The van der Waals surface area contributed by atoms with Crippen molar-refractivity contribution in [3.05, 3.63) is 33.8 Å². The fraction of sp³-hybridized carbons (Fsp3) is 0.571. The minimum Gasteiger partial charge on any atom is -0.326 e. The molecule has 0 spiro atoms. The molecule has 1 aliphatic heterocycles. The fourth-order valence-corrected chi connectivity index (χ4v) is 3.10. The molecule has 4 heteroatoms. The summed E-state index contributed by atoms with van der Waals surface area (Å²) in [6, 6.07) is 6.33. The Morgan fingerprint density at radius 3 is 2.78 bits per heavy atom. The maximum Gasteiger partial charge on any atom is 0.0595 e. The monoisotopic (exact) mass is 286 g/mol. The van der Waals surface area contributed by atoms with E-state index in [0.717, 1.165) is 25.9 Å². The summed E-state index contributed by atoms with van der Waals surface area (Å²) in [5, 5.41) is 1.22. The highest BCUT2D eigenvalue weighted by Gasteiger charge is 2.29. The summed E-state index contributed by atoms with van der Waals surface area (Å²) in [6.07, 6.45) is 3.40. The van der Waals surface area contributed by atoms with Gasteiger partial charge in [0.25, 0.3) is 0 Å². The summed E-state index contributed by atoms with van der Waals surface area (Å²) in [4.78, 5) is 2.47. The van der Waals surface area contributed by atoms with Crippen LogP contribution in [-0.2, 0) is 0 Å². The second-order valence-electron chi connectivity index (χ2n) is 4.96. The molecule has 1 saturated heterocycles. The maximum absolute atomic E-state index is 6.30. The lowest BCUT2D eigenvalue weighted by atomic mass is 9.91. The van der Waals surface area contributed by atoms with Crippen molar-refractivity contribution in [3.8, 4) is 0 Å². The van der Waals surface area contributed by atoms with Crippen LogP contribution in [0.4, 0.5) is 0 Å². The molecule has 2 N–H and O–H groups in total. The molecule has 100 valence electrons. The minimum atomic E-state index is 0.183. The standard InChI is InChI=1S/C14H20Cl2N2/c1-2-7-18-8-3-4-13(17)14(18)10-5-6-11(15)12(16)9-10/h5-6,9,13-14H,2-4,7-8,17H2,1H3. The molecule has 0 amide bonds.